The van der Waals surface area contributed by atoms with Gasteiger partial charge in [0.1, 0.15) is 6.04 Å². The third kappa shape index (κ3) is 5.27. The van der Waals surface area contributed by atoms with E-state index in [2.05, 4.69) is 15.5 Å². The number of hydrogen-bond acceptors (Lipinski definition) is 7. The number of nitrogens with zero attached hydrogens (tertiary/aromatic N) is 3. The highest BCUT2D eigenvalue weighted by Gasteiger charge is 2.39. The first-order valence-electron chi connectivity index (χ1n) is 9.52. The van der Waals surface area contributed by atoms with Crippen LogP contribution in [0.25, 0.3) is 0 Å². The first-order valence-corrected chi connectivity index (χ1v) is 13.1. The van der Waals surface area contributed by atoms with Crippen LogP contribution in [-0.2, 0) is 20.6 Å². The average Bonchev–Trinajstić information content (AvgIpc) is 3.43. The van der Waals surface area contributed by atoms with Gasteiger partial charge in [-0.1, -0.05) is 65.0 Å². The fourth-order valence-electron chi connectivity index (χ4n) is 3.26. The zero-order chi connectivity index (χ0) is 21.8. The van der Waals surface area contributed by atoms with Gasteiger partial charge in [-0.05, 0) is 42.7 Å². The summed E-state index contributed by atoms with van der Waals surface area (Å²) in [6.07, 6.45) is 1.06. The van der Waals surface area contributed by atoms with Crippen LogP contribution in [0.15, 0.2) is 63.8 Å². The van der Waals surface area contributed by atoms with Crippen LogP contribution in [0.4, 0.5) is 5.13 Å². The molecule has 1 aliphatic heterocycles. The number of nitrogens with one attached hydrogen (secondary N) is 1. The van der Waals surface area contributed by atoms with E-state index in [1.54, 1.807) is 0 Å². The zero-order valence-corrected chi connectivity index (χ0v) is 19.5. The van der Waals surface area contributed by atoms with Gasteiger partial charge in [0.25, 0.3) is 0 Å². The summed E-state index contributed by atoms with van der Waals surface area (Å²) in [5.41, 5.74) is 1.17. The van der Waals surface area contributed by atoms with E-state index in [4.69, 9.17) is 11.6 Å². The van der Waals surface area contributed by atoms with Gasteiger partial charge in [-0.15, -0.1) is 10.2 Å². The smallest absolute Gasteiger partial charge is 0.244 e. The van der Waals surface area contributed by atoms with Gasteiger partial charge in [-0.2, -0.15) is 4.31 Å². The Hall–Kier alpha value is -1.98. The Morgan fingerprint density at radius 1 is 1.16 bits per heavy atom. The highest BCUT2D eigenvalue weighted by Crippen LogP contribution is 2.30. The lowest BCUT2D eigenvalue weighted by molar-refractivity contribution is -0.119. The molecule has 1 N–H and O–H groups in total. The van der Waals surface area contributed by atoms with Crippen LogP contribution in [0.1, 0.15) is 18.4 Å². The van der Waals surface area contributed by atoms with Gasteiger partial charge in [0.15, 0.2) is 4.34 Å². The van der Waals surface area contributed by atoms with Crippen molar-refractivity contribution in [3.05, 3.63) is 65.2 Å². The van der Waals surface area contributed by atoms with Crippen molar-refractivity contribution in [2.45, 2.75) is 33.9 Å². The molecular weight excluding hydrogens is 476 g/mol. The summed E-state index contributed by atoms with van der Waals surface area (Å²) in [7, 11) is -3.80. The molecule has 11 heteroatoms. The van der Waals surface area contributed by atoms with Crippen LogP contribution >= 0.6 is 34.7 Å². The predicted molar refractivity (Wildman–Crippen MR) is 123 cm³/mol. The van der Waals surface area contributed by atoms with E-state index >= 15 is 0 Å². The fraction of sp³-hybridized carbons (Fsp3) is 0.250. The van der Waals surface area contributed by atoms with Crippen LogP contribution < -0.4 is 5.32 Å². The molecule has 4 rings (SSSR count). The van der Waals surface area contributed by atoms with Crippen molar-refractivity contribution in [2.24, 2.45) is 0 Å². The molecule has 1 atom stereocenters. The average molecular weight is 495 g/mol. The monoisotopic (exact) mass is 494 g/mol. The molecule has 0 saturated carbocycles. The topological polar surface area (TPSA) is 92.3 Å². The van der Waals surface area contributed by atoms with Gasteiger partial charge in [-0.3, -0.25) is 10.1 Å². The molecule has 0 aliphatic carbocycles. The van der Waals surface area contributed by atoms with Crippen molar-refractivity contribution < 1.29 is 13.2 Å². The molecule has 3 aromatic rings. The molecule has 0 spiro atoms. The number of anilines is 1. The Bertz CT molecular complexity index is 1150. The van der Waals surface area contributed by atoms with Gasteiger partial charge in [-0.25, -0.2) is 8.42 Å². The summed E-state index contributed by atoms with van der Waals surface area (Å²) in [5, 5.41) is 11.7. The zero-order valence-electron chi connectivity index (χ0n) is 16.3. The van der Waals surface area contributed by atoms with Gasteiger partial charge in [0.2, 0.25) is 21.1 Å². The second-order valence-electron chi connectivity index (χ2n) is 6.86. The number of thioether (sulfide) groups is 1. The van der Waals surface area contributed by atoms with E-state index in [0.29, 0.717) is 23.0 Å². The van der Waals surface area contributed by atoms with E-state index < -0.39 is 22.0 Å². The second kappa shape index (κ2) is 9.66. The largest absolute Gasteiger partial charge is 0.299 e. The maximum atomic E-state index is 13.0. The number of carbonyl (C=O) groups excluding carboxylic acids is 1. The van der Waals surface area contributed by atoms with Crippen LogP contribution in [-0.4, -0.2) is 41.4 Å². The predicted octanol–water partition coefficient (Wildman–Crippen LogP) is 4.28. The summed E-state index contributed by atoms with van der Waals surface area (Å²) in [5.74, 6) is 0.352. The number of amides is 1. The molecule has 1 aromatic heterocycles. The molecule has 7 nitrogen and oxygen atoms in total. The van der Waals surface area contributed by atoms with Crippen molar-refractivity contribution in [1.29, 1.82) is 0 Å². The maximum Gasteiger partial charge on any atom is 0.244 e. The third-order valence-corrected chi connectivity index (χ3v) is 8.99. The lowest BCUT2D eigenvalue weighted by Gasteiger charge is -2.23. The standard InChI is InChI=1S/C20H19ClN4O3S3/c21-15-8-10-16(11-9-15)31(27,28)25-12-4-7-17(25)18(26)22-19-23-24-20(30-19)29-13-14-5-2-1-3-6-14/h1-3,5-6,8-11,17H,4,7,12-13H2,(H,22,23,26)/t17-/m0/s1. The maximum absolute atomic E-state index is 13.0. The van der Waals surface area contributed by atoms with Crippen molar-refractivity contribution in [3.63, 3.8) is 0 Å². The number of hydrogen-bond donors (Lipinski definition) is 1. The Morgan fingerprint density at radius 3 is 2.65 bits per heavy atom. The molecule has 0 unspecified atom stereocenters. The van der Waals surface area contributed by atoms with E-state index in [-0.39, 0.29) is 11.4 Å². The normalized spacial score (nSPS) is 17.0. The Kier molecular flexibility index (Phi) is 6.92. The van der Waals surface area contributed by atoms with E-state index in [1.165, 1.54) is 57.2 Å². The summed E-state index contributed by atoms with van der Waals surface area (Å²) in [4.78, 5) is 13.0. The van der Waals surface area contributed by atoms with E-state index in [0.717, 1.165) is 10.1 Å². The minimum atomic E-state index is -3.80. The third-order valence-electron chi connectivity index (χ3n) is 4.77. The minimum absolute atomic E-state index is 0.118. The van der Waals surface area contributed by atoms with Gasteiger partial charge < -0.3 is 0 Å². The summed E-state index contributed by atoms with van der Waals surface area (Å²) < 4.78 is 28.0. The Balaban J connectivity index is 1.41. The number of sulfonamides is 1. The van der Waals surface area contributed by atoms with Crippen molar-refractivity contribution in [2.75, 3.05) is 11.9 Å². The van der Waals surface area contributed by atoms with E-state index in [9.17, 15) is 13.2 Å². The molecule has 1 aliphatic rings. The van der Waals surface area contributed by atoms with E-state index in [1.807, 2.05) is 30.3 Å². The van der Waals surface area contributed by atoms with Gasteiger partial charge >= 0.3 is 0 Å². The van der Waals surface area contributed by atoms with Crippen LogP contribution in [0.2, 0.25) is 5.02 Å². The summed E-state index contributed by atoms with van der Waals surface area (Å²) in [6.45, 7) is 0.289. The molecule has 1 amide bonds. The number of benzene rings is 2. The Morgan fingerprint density at radius 2 is 1.90 bits per heavy atom. The Labute approximate surface area is 193 Å². The summed E-state index contributed by atoms with van der Waals surface area (Å²) in [6, 6.07) is 15.2. The minimum Gasteiger partial charge on any atom is -0.299 e. The molecule has 1 saturated heterocycles. The first kappa shape index (κ1) is 22.2. The van der Waals surface area contributed by atoms with Crippen LogP contribution in [0.5, 0.6) is 0 Å². The number of carbonyl (C=O) groups is 1. The van der Waals surface area contributed by atoms with Gasteiger partial charge in [0.05, 0.1) is 4.90 Å². The van der Waals surface area contributed by atoms with Crippen LogP contribution in [0, 0.1) is 0 Å². The van der Waals surface area contributed by atoms with Crippen molar-refractivity contribution >= 4 is 55.8 Å². The highest BCUT2D eigenvalue weighted by molar-refractivity contribution is 8.00. The lowest BCUT2D eigenvalue weighted by Crippen LogP contribution is -2.43. The fourth-order valence-corrected chi connectivity index (χ4v) is 6.75. The molecule has 162 valence electrons. The number of halogens is 1. The van der Waals surface area contributed by atoms with Gasteiger partial charge in [0, 0.05) is 17.3 Å². The molecule has 2 heterocycles. The molecule has 2 aromatic carbocycles. The van der Waals surface area contributed by atoms with Crippen molar-refractivity contribution in [1.82, 2.24) is 14.5 Å². The number of rotatable bonds is 7. The molecule has 0 radical (unpaired) electrons. The SMILES string of the molecule is O=C(Nc1nnc(SCc2ccccc2)s1)[C@@H]1CCCN1S(=O)(=O)c1ccc(Cl)cc1. The first-order chi connectivity index (χ1) is 14.9. The molecule has 31 heavy (non-hydrogen) atoms. The number of aromatic nitrogens is 2. The quantitative estimate of drug-likeness (QED) is 0.389. The van der Waals surface area contributed by atoms with Crippen LogP contribution in [0.3, 0.4) is 0 Å². The lowest BCUT2D eigenvalue weighted by atomic mass is 10.2. The molecule has 0 bridgehead atoms. The second-order valence-corrected chi connectivity index (χ2v) is 11.4. The molecule has 1 fully saturated rings. The highest BCUT2D eigenvalue weighted by atomic mass is 35.5. The summed E-state index contributed by atoms with van der Waals surface area (Å²) >= 11 is 8.67. The molecular formula is C20H19ClN4O3S3. The van der Waals surface area contributed by atoms with Crippen molar-refractivity contribution in [3.8, 4) is 0 Å².